The molecule has 36 heavy (non-hydrogen) atoms. The third-order valence-corrected chi connectivity index (χ3v) is 6.42. The summed E-state index contributed by atoms with van der Waals surface area (Å²) in [6.45, 7) is 3.93. The van der Waals surface area contributed by atoms with Crippen LogP contribution in [0.5, 0.6) is 17.2 Å². The second-order valence-corrected chi connectivity index (χ2v) is 8.71. The largest absolute Gasteiger partial charge is 0.507 e. The number of methoxy groups -OCH3 is 3. The van der Waals surface area contributed by atoms with Gasteiger partial charge in [0, 0.05) is 12.1 Å². The summed E-state index contributed by atoms with van der Waals surface area (Å²) in [5.41, 5.74) is 3.71. The predicted octanol–water partition coefficient (Wildman–Crippen LogP) is 4.95. The Bertz CT molecular complexity index is 1340. The van der Waals surface area contributed by atoms with E-state index in [1.54, 1.807) is 37.4 Å². The molecule has 1 heterocycles. The van der Waals surface area contributed by atoms with Gasteiger partial charge in [0.2, 0.25) is 0 Å². The number of aryl methyl sites for hydroxylation is 2. The number of rotatable bonds is 7. The van der Waals surface area contributed by atoms with Crippen LogP contribution < -0.4 is 14.2 Å². The standard InChI is InChI=1S/C29H29NO6/c1-17-6-7-18(2)22(14-17)27(31)25-26(20-10-13-23(35-4)24(15-20)36-5)30(29(33)28(25)32)16-19-8-11-21(34-3)12-9-19/h6-15,26,31H,16H2,1-5H3/b27-25+. The Morgan fingerprint density at radius 2 is 1.56 bits per heavy atom. The number of aliphatic hydroxyl groups is 1. The molecule has 186 valence electrons. The second-order valence-electron chi connectivity index (χ2n) is 8.71. The third-order valence-electron chi connectivity index (χ3n) is 6.42. The van der Waals surface area contributed by atoms with Gasteiger partial charge in [0.1, 0.15) is 11.5 Å². The van der Waals surface area contributed by atoms with Crippen molar-refractivity contribution in [2.45, 2.75) is 26.4 Å². The maximum atomic E-state index is 13.4. The van der Waals surface area contributed by atoms with E-state index in [4.69, 9.17) is 14.2 Å². The van der Waals surface area contributed by atoms with Crippen LogP contribution >= 0.6 is 0 Å². The molecule has 0 aromatic heterocycles. The molecule has 1 saturated heterocycles. The summed E-state index contributed by atoms with van der Waals surface area (Å²) in [5, 5.41) is 11.4. The Balaban J connectivity index is 1.90. The number of carbonyl (C=O) groups excluding carboxylic acids is 2. The molecule has 1 aliphatic heterocycles. The fourth-order valence-electron chi connectivity index (χ4n) is 4.48. The highest BCUT2D eigenvalue weighted by molar-refractivity contribution is 6.46. The van der Waals surface area contributed by atoms with Crippen molar-refractivity contribution in [2.24, 2.45) is 0 Å². The fourth-order valence-corrected chi connectivity index (χ4v) is 4.48. The van der Waals surface area contributed by atoms with Crippen LogP contribution in [0.3, 0.4) is 0 Å². The molecule has 7 nitrogen and oxygen atoms in total. The summed E-state index contributed by atoms with van der Waals surface area (Å²) in [5.74, 6) is 0.0394. The minimum absolute atomic E-state index is 0.0365. The van der Waals surface area contributed by atoms with E-state index in [1.165, 1.54) is 19.1 Å². The van der Waals surface area contributed by atoms with Gasteiger partial charge in [-0.15, -0.1) is 0 Å². The van der Waals surface area contributed by atoms with E-state index in [2.05, 4.69) is 0 Å². The Kier molecular flexibility index (Phi) is 7.01. The summed E-state index contributed by atoms with van der Waals surface area (Å²) < 4.78 is 16.1. The Labute approximate surface area is 210 Å². The van der Waals surface area contributed by atoms with Crippen LogP contribution in [-0.4, -0.2) is 43.0 Å². The average Bonchev–Trinajstić information content (AvgIpc) is 3.14. The highest BCUT2D eigenvalue weighted by Crippen LogP contribution is 2.43. The molecule has 7 heteroatoms. The zero-order valence-electron chi connectivity index (χ0n) is 21.0. The highest BCUT2D eigenvalue weighted by atomic mass is 16.5. The first-order chi connectivity index (χ1) is 17.3. The number of aliphatic hydroxyl groups excluding tert-OH is 1. The van der Waals surface area contributed by atoms with Gasteiger partial charge < -0.3 is 24.2 Å². The van der Waals surface area contributed by atoms with Crippen LogP contribution in [0.4, 0.5) is 0 Å². The Morgan fingerprint density at radius 1 is 0.861 bits per heavy atom. The van der Waals surface area contributed by atoms with Crippen molar-refractivity contribution in [2.75, 3.05) is 21.3 Å². The maximum Gasteiger partial charge on any atom is 0.295 e. The molecule has 0 bridgehead atoms. The van der Waals surface area contributed by atoms with Crippen molar-refractivity contribution < 1.29 is 28.9 Å². The zero-order chi connectivity index (χ0) is 26.0. The summed E-state index contributed by atoms with van der Waals surface area (Å²) in [7, 11) is 4.64. The number of benzene rings is 3. The molecule has 1 atom stereocenters. The normalized spacial score (nSPS) is 16.8. The van der Waals surface area contributed by atoms with Crippen LogP contribution in [0, 0.1) is 13.8 Å². The van der Waals surface area contributed by atoms with Crippen molar-refractivity contribution in [3.05, 3.63) is 94.1 Å². The maximum absolute atomic E-state index is 13.4. The third kappa shape index (κ3) is 4.52. The van der Waals surface area contributed by atoms with Gasteiger partial charge in [0.15, 0.2) is 11.5 Å². The smallest absolute Gasteiger partial charge is 0.295 e. The quantitative estimate of drug-likeness (QED) is 0.288. The van der Waals surface area contributed by atoms with Gasteiger partial charge in [-0.05, 0) is 60.9 Å². The van der Waals surface area contributed by atoms with E-state index in [-0.39, 0.29) is 17.9 Å². The molecule has 1 fully saturated rings. The topological polar surface area (TPSA) is 85.3 Å². The van der Waals surface area contributed by atoms with E-state index in [1.807, 2.05) is 44.2 Å². The molecule has 0 aliphatic carbocycles. The van der Waals surface area contributed by atoms with Crippen molar-refractivity contribution in [3.8, 4) is 17.2 Å². The van der Waals surface area contributed by atoms with Gasteiger partial charge in [-0.2, -0.15) is 0 Å². The Hall–Kier alpha value is -4.26. The summed E-state index contributed by atoms with van der Waals surface area (Å²) in [6, 6.07) is 17.3. The van der Waals surface area contributed by atoms with Gasteiger partial charge >= 0.3 is 0 Å². The minimum atomic E-state index is -0.827. The van der Waals surface area contributed by atoms with Gasteiger partial charge in [-0.1, -0.05) is 35.9 Å². The number of ether oxygens (including phenoxy) is 3. The fraction of sp³-hybridized carbons (Fsp3) is 0.241. The number of Topliss-reactive ketones (excluding diaryl/α,β-unsaturated/α-hetero) is 1. The van der Waals surface area contributed by atoms with Gasteiger partial charge in [-0.3, -0.25) is 9.59 Å². The highest BCUT2D eigenvalue weighted by Gasteiger charge is 2.46. The van der Waals surface area contributed by atoms with Gasteiger partial charge in [0.05, 0.1) is 32.9 Å². The molecule has 1 aliphatic rings. The SMILES string of the molecule is COc1ccc(CN2C(=O)C(=O)/C(=C(/O)c3cc(C)ccc3C)C2c2ccc(OC)c(OC)c2)cc1. The van der Waals surface area contributed by atoms with Crippen LogP contribution in [0.1, 0.15) is 33.9 Å². The van der Waals surface area contributed by atoms with E-state index in [9.17, 15) is 14.7 Å². The molecule has 1 amide bonds. The van der Waals surface area contributed by atoms with E-state index < -0.39 is 17.7 Å². The number of hydrogen-bond acceptors (Lipinski definition) is 6. The van der Waals surface area contributed by atoms with Crippen molar-refractivity contribution >= 4 is 17.4 Å². The van der Waals surface area contributed by atoms with Crippen LogP contribution in [0.15, 0.2) is 66.2 Å². The molecule has 0 saturated carbocycles. The van der Waals surface area contributed by atoms with Gasteiger partial charge in [-0.25, -0.2) is 0 Å². The van der Waals surface area contributed by atoms with Crippen molar-refractivity contribution in [3.63, 3.8) is 0 Å². The molecular weight excluding hydrogens is 458 g/mol. The summed E-state index contributed by atoms with van der Waals surface area (Å²) in [4.78, 5) is 28.2. The second kappa shape index (κ2) is 10.2. The molecule has 0 radical (unpaired) electrons. The first-order valence-corrected chi connectivity index (χ1v) is 11.5. The molecular formula is C29H29NO6. The molecule has 1 N–H and O–H groups in total. The lowest BCUT2D eigenvalue weighted by Gasteiger charge is -2.26. The number of likely N-dealkylation sites (tertiary alicyclic amines) is 1. The first kappa shape index (κ1) is 24.9. The van der Waals surface area contributed by atoms with E-state index in [0.717, 1.165) is 16.7 Å². The Morgan fingerprint density at radius 3 is 2.19 bits per heavy atom. The number of nitrogens with zero attached hydrogens (tertiary/aromatic N) is 1. The zero-order valence-corrected chi connectivity index (χ0v) is 21.0. The average molecular weight is 488 g/mol. The molecule has 3 aromatic rings. The number of amides is 1. The van der Waals surface area contributed by atoms with E-state index in [0.29, 0.717) is 28.4 Å². The number of ketones is 1. The lowest BCUT2D eigenvalue weighted by Crippen LogP contribution is -2.29. The van der Waals surface area contributed by atoms with Crippen LogP contribution in [0.2, 0.25) is 0 Å². The van der Waals surface area contributed by atoms with Crippen LogP contribution in [-0.2, 0) is 16.1 Å². The lowest BCUT2D eigenvalue weighted by molar-refractivity contribution is -0.140. The molecule has 3 aromatic carbocycles. The predicted molar refractivity (Wildman–Crippen MR) is 136 cm³/mol. The number of carbonyl (C=O) groups is 2. The molecule has 1 unspecified atom stereocenters. The lowest BCUT2D eigenvalue weighted by atomic mass is 9.93. The summed E-state index contributed by atoms with van der Waals surface area (Å²) >= 11 is 0. The monoisotopic (exact) mass is 487 g/mol. The summed E-state index contributed by atoms with van der Waals surface area (Å²) in [6.07, 6.45) is 0. The number of hydrogen-bond donors (Lipinski definition) is 1. The van der Waals surface area contributed by atoms with Crippen LogP contribution in [0.25, 0.3) is 5.76 Å². The minimum Gasteiger partial charge on any atom is -0.507 e. The van der Waals surface area contributed by atoms with E-state index >= 15 is 0 Å². The first-order valence-electron chi connectivity index (χ1n) is 11.5. The van der Waals surface area contributed by atoms with Crippen molar-refractivity contribution in [1.82, 2.24) is 4.90 Å². The van der Waals surface area contributed by atoms with Gasteiger partial charge in [0.25, 0.3) is 11.7 Å². The molecule has 4 rings (SSSR count). The van der Waals surface area contributed by atoms with Crippen molar-refractivity contribution in [1.29, 1.82) is 0 Å². The molecule has 0 spiro atoms.